The molecule has 0 N–H and O–H groups in total. The van der Waals surface area contributed by atoms with Crippen LogP contribution in [0.25, 0.3) is 0 Å². The zero-order valence-electron chi connectivity index (χ0n) is 12.9. The summed E-state index contributed by atoms with van der Waals surface area (Å²) in [5.74, 6) is 0.602. The average molecular weight is 363 g/mol. The molecule has 0 aliphatic heterocycles. The molecule has 2 heteroatoms. The van der Waals surface area contributed by atoms with Gasteiger partial charge in [0.05, 0.1) is 4.83 Å². The summed E-state index contributed by atoms with van der Waals surface area (Å²) in [6.07, 6.45) is 6.68. The van der Waals surface area contributed by atoms with Crippen LogP contribution in [-0.2, 0) is 12.8 Å². The molecule has 0 saturated heterocycles. The fraction of sp³-hybridized carbons (Fsp3) is 0.474. The second kappa shape index (κ2) is 6.66. The van der Waals surface area contributed by atoms with Gasteiger partial charge in [0.2, 0.25) is 0 Å². The molecule has 21 heavy (non-hydrogen) atoms. The van der Waals surface area contributed by atoms with Crippen LogP contribution in [0.2, 0.25) is 0 Å². The molecule has 3 rings (SSSR count). The van der Waals surface area contributed by atoms with Crippen LogP contribution in [0.5, 0.6) is 0 Å². The fourth-order valence-corrected chi connectivity index (χ4v) is 5.01. The fourth-order valence-electron chi connectivity index (χ4n) is 3.03. The Balaban J connectivity index is 1.83. The average Bonchev–Trinajstić information content (AvgIpc) is 2.77. The molecule has 1 atom stereocenters. The van der Waals surface area contributed by atoms with Crippen molar-refractivity contribution in [2.24, 2.45) is 0 Å². The normalized spacial score (nSPS) is 16.6. The number of rotatable bonds is 3. The van der Waals surface area contributed by atoms with Crippen LogP contribution in [0.15, 0.2) is 30.3 Å². The van der Waals surface area contributed by atoms with Gasteiger partial charge < -0.3 is 0 Å². The molecule has 0 radical (unpaired) electrons. The molecule has 2 aromatic rings. The molecular weight excluding hydrogens is 340 g/mol. The molecule has 1 unspecified atom stereocenters. The van der Waals surface area contributed by atoms with E-state index in [-0.39, 0.29) is 0 Å². The lowest BCUT2D eigenvalue weighted by Crippen LogP contribution is -1.92. The molecule has 0 nitrogen and oxygen atoms in total. The highest BCUT2D eigenvalue weighted by atomic mass is 79.9. The van der Waals surface area contributed by atoms with Crippen LogP contribution >= 0.6 is 27.3 Å². The SMILES string of the molecule is CC(C)c1ccc(C(Br)c2cc3c(s2)CCCCC3)cc1. The lowest BCUT2D eigenvalue weighted by Gasteiger charge is -2.11. The van der Waals surface area contributed by atoms with Gasteiger partial charge in [-0.2, -0.15) is 0 Å². The largest absolute Gasteiger partial charge is 0.144 e. The monoisotopic (exact) mass is 362 g/mol. The van der Waals surface area contributed by atoms with E-state index >= 15 is 0 Å². The van der Waals surface area contributed by atoms with Crippen molar-refractivity contribution in [1.82, 2.24) is 0 Å². The molecular formula is C19H23BrS. The van der Waals surface area contributed by atoms with Crippen LogP contribution in [-0.4, -0.2) is 0 Å². The third-order valence-electron chi connectivity index (χ3n) is 4.41. The van der Waals surface area contributed by atoms with Gasteiger partial charge in [-0.05, 0) is 54.4 Å². The number of hydrogen-bond donors (Lipinski definition) is 0. The van der Waals surface area contributed by atoms with E-state index in [4.69, 9.17) is 0 Å². The quantitative estimate of drug-likeness (QED) is 0.424. The van der Waals surface area contributed by atoms with Gasteiger partial charge in [0.15, 0.2) is 0 Å². The minimum atomic E-state index is 0.343. The van der Waals surface area contributed by atoms with E-state index in [1.54, 1.807) is 10.4 Å². The summed E-state index contributed by atoms with van der Waals surface area (Å²) < 4.78 is 0. The lowest BCUT2D eigenvalue weighted by atomic mass is 10.0. The second-order valence-electron chi connectivity index (χ2n) is 6.34. The Bertz CT molecular complexity index is 571. The third-order valence-corrected chi connectivity index (χ3v) is 7.04. The molecule has 0 saturated carbocycles. The lowest BCUT2D eigenvalue weighted by molar-refractivity contribution is 0.712. The maximum absolute atomic E-state index is 3.91. The van der Waals surface area contributed by atoms with Crippen LogP contribution in [0.3, 0.4) is 0 Å². The summed E-state index contributed by atoms with van der Waals surface area (Å²) in [7, 11) is 0. The molecule has 1 aliphatic carbocycles. The highest BCUT2D eigenvalue weighted by molar-refractivity contribution is 9.09. The first-order valence-corrected chi connectivity index (χ1v) is 9.74. The first kappa shape index (κ1) is 15.3. The van der Waals surface area contributed by atoms with Gasteiger partial charge >= 0.3 is 0 Å². The summed E-state index contributed by atoms with van der Waals surface area (Å²) in [6, 6.07) is 11.5. The van der Waals surface area contributed by atoms with Gasteiger partial charge in [-0.1, -0.05) is 60.5 Å². The zero-order valence-corrected chi connectivity index (χ0v) is 15.3. The second-order valence-corrected chi connectivity index (χ2v) is 8.43. The van der Waals surface area contributed by atoms with Crippen LogP contribution in [0, 0.1) is 0 Å². The van der Waals surface area contributed by atoms with Gasteiger partial charge in [0.1, 0.15) is 0 Å². The molecule has 1 aromatic carbocycles. The molecule has 112 valence electrons. The van der Waals surface area contributed by atoms with E-state index in [1.165, 1.54) is 48.1 Å². The van der Waals surface area contributed by atoms with Crippen molar-refractivity contribution in [2.75, 3.05) is 0 Å². The maximum Gasteiger partial charge on any atom is 0.0738 e. The van der Waals surface area contributed by atoms with E-state index in [0.29, 0.717) is 10.7 Å². The highest BCUT2D eigenvalue weighted by Gasteiger charge is 2.18. The number of fused-ring (bicyclic) bond motifs is 1. The first-order chi connectivity index (χ1) is 10.1. The van der Waals surface area contributed by atoms with Crippen LogP contribution in [0.4, 0.5) is 0 Å². The first-order valence-electron chi connectivity index (χ1n) is 8.00. The Morgan fingerprint density at radius 3 is 2.33 bits per heavy atom. The number of hydrogen-bond acceptors (Lipinski definition) is 1. The summed E-state index contributed by atoms with van der Waals surface area (Å²) in [6.45, 7) is 4.49. The number of aryl methyl sites for hydroxylation is 2. The maximum atomic E-state index is 3.91. The van der Waals surface area contributed by atoms with E-state index in [1.807, 2.05) is 11.3 Å². The van der Waals surface area contributed by atoms with Gasteiger partial charge in [-0.3, -0.25) is 0 Å². The van der Waals surface area contributed by atoms with Crippen LogP contribution < -0.4 is 0 Å². The number of halogens is 1. The standard InChI is InChI=1S/C19H23BrS/c1-13(2)14-8-10-15(11-9-14)19(20)18-12-16-6-4-3-5-7-17(16)21-18/h8-13,19H,3-7H2,1-2H3. The summed E-state index contributed by atoms with van der Waals surface area (Å²) in [4.78, 5) is 3.44. The Labute approximate surface area is 140 Å². The van der Waals surface area contributed by atoms with E-state index < -0.39 is 0 Å². The van der Waals surface area contributed by atoms with Crippen molar-refractivity contribution in [3.63, 3.8) is 0 Å². The van der Waals surface area contributed by atoms with Gasteiger partial charge in [0, 0.05) is 9.75 Å². The number of benzene rings is 1. The highest BCUT2D eigenvalue weighted by Crippen LogP contribution is 2.39. The molecule has 1 aliphatic rings. The number of alkyl halides is 1. The minimum absolute atomic E-state index is 0.343. The third kappa shape index (κ3) is 3.43. The molecule has 1 heterocycles. The Morgan fingerprint density at radius 1 is 0.952 bits per heavy atom. The Hall–Kier alpha value is -0.600. The Morgan fingerprint density at radius 2 is 1.62 bits per heavy atom. The predicted molar refractivity (Wildman–Crippen MR) is 96.9 cm³/mol. The van der Waals surface area contributed by atoms with Crippen molar-refractivity contribution in [1.29, 1.82) is 0 Å². The zero-order chi connectivity index (χ0) is 14.8. The molecule has 0 amide bonds. The van der Waals surface area contributed by atoms with Crippen molar-refractivity contribution >= 4 is 27.3 Å². The molecule has 0 fully saturated rings. The number of thiophene rings is 1. The van der Waals surface area contributed by atoms with Gasteiger partial charge in [-0.25, -0.2) is 0 Å². The minimum Gasteiger partial charge on any atom is -0.144 e. The van der Waals surface area contributed by atoms with Crippen molar-refractivity contribution in [3.05, 3.63) is 56.8 Å². The molecule has 1 aromatic heterocycles. The van der Waals surface area contributed by atoms with Crippen molar-refractivity contribution in [3.8, 4) is 0 Å². The Kier molecular flexibility index (Phi) is 4.85. The van der Waals surface area contributed by atoms with Crippen LogP contribution in [0.1, 0.15) is 70.3 Å². The van der Waals surface area contributed by atoms with E-state index in [0.717, 1.165) is 0 Å². The van der Waals surface area contributed by atoms with E-state index in [2.05, 4.69) is 60.1 Å². The summed E-state index contributed by atoms with van der Waals surface area (Å²) in [5.41, 5.74) is 4.40. The predicted octanol–water partition coefficient (Wildman–Crippen LogP) is 6.62. The van der Waals surface area contributed by atoms with Crippen molar-refractivity contribution < 1.29 is 0 Å². The molecule has 0 spiro atoms. The smallest absolute Gasteiger partial charge is 0.0738 e. The van der Waals surface area contributed by atoms with Gasteiger partial charge in [0.25, 0.3) is 0 Å². The van der Waals surface area contributed by atoms with Crippen molar-refractivity contribution in [2.45, 2.75) is 56.7 Å². The summed E-state index contributed by atoms with van der Waals surface area (Å²) >= 11 is 5.93. The topological polar surface area (TPSA) is 0 Å². The summed E-state index contributed by atoms with van der Waals surface area (Å²) in [5, 5.41) is 0. The molecule has 0 bridgehead atoms. The van der Waals surface area contributed by atoms with E-state index in [9.17, 15) is 0 Å². The van der Waals surface area contributed by atoms with Gasteiger partial charge in [-0.15, -0.1) is 11.3 Å².